The molecular formula is C14H14FN3O2. The summed E-state index contributed by atoms with van der Waals surface area (Å²) >= 11 is 0. The molecule has 0 aliphatic carbocycles. The highest BCUT2D eigenvalue weighted by molar-refractivity contribution is 5.61. The summed E-state index contributed by atoms with van der Waals surface area (Å²) < 4.78 is 13.2. The standard InChI is InChI=1S/C14H14FN3O2/c15-12-5-6-14(18(19)20)13(7-12)17-9-11-3-1-10(8-16)2-4-11/h1-7,17H,8-9,16H2. The van der Waals surface area contributed by atoms with Gasteiger partial charge in [0.05, 0.1) is 4.92 Å². The monoisotopic (exact) mass is 275 g/mol. The number of nitrogens with one attached hydrogen (secondary N) is 1. The van der Waals surface area contributed by atoms with E-state index in [-0.39, 0.29) is 11.4 Å². The number of nitro benzene ring substituents is 1. The summed E-state index contributed by atoms with van der Waals surface area (Å²) in [5, 5.41) is 13.7. The minimum atomic E-state index is -0.542. The predicted molar refractivity (Wildman–Crippen MR) is 74.7 cm³/mol. The molecule has 104 valence electrons. The number of hydrogen-bond acceptors (Lipinski definition) is 4. The fourth-order valence-electron chi connectivity index (χ4n) is 1.80. The summed E-state index contributed by atoms with van der Waals surface area (Å²) in [6, 6.07) is 10.9. The first-order valence-corrected chi connectivity index (χ1v) is 6.06. The van der Waals surface area contributed by atoms with Gasteiger partial charge in [0.25, 0.3) is 5.69 Å². The Morgan fingerprint density at radius 1 is 1.15 bits per heavy atom. The van der Waals surface area contributed by atoms with E-state index in [1.54, 1.807) is 0 Å². The number of halogens is 1. The fourth-order valence-corrected chi connectivity index (χ4v) is 1.80. The van der Waals surface area contributed by atoms with E-state index < -0.39 is 10.7 Å². The second-order valence-electron chi connectivity index (χ2n) is 4.29. The fraction of sp³-hybridized carbons (Fsp3) is 0.143. The van der Waals surface area contributed by atoms with Crippen molar-refractivity contribution in [3.63, 3.8) is 0 Å². The van der Waals surface area contributed by atoms with Gasteiger partial charge in [-0.25, -0.2) is 4.39 Å². The second-order valence-corrected chi connectivity index (χ2v) is 4.29. The van der Waals surface area contributed by atoms with Gasteiger partial charge in [0, 0.05) is 25.2 Å². The average molecular weight is 275 g/mol. The second kappa shape index (κ2) is 6.12. The third kappa shape index (κ3) is 3.30. The van der Waals surface area contributed by atoms with Gasteiger partial charge in [-0.15, -0.1) is 0 Å². The molecule has 20 heavy (non-hydrogen) atoms. The SMILES string of the molecule is NCc1ccc(CNc2cc(F)ccc2[N+](=O)[O-])cc1. The van der Waals surface area contributed by atoms with Crippen LogP contribution in [-0.2, 0) is 13.1 Å². The molecule has 0 atom stereocenters. The van der Waals surface area contributed by atoms with Crippen molar-refractivity contribution in [3.8, 4) is 0 Å². The van der Waals surface area contributed by atoms with Gasteiger partial charge in [-0.05, 0) is 17.2 Å². The van der Waals surface area contributed by atoms with Crippen molar-refractivity contribution in [1.82, 2.24) is 0 Å². The van der Waals surface area contributed by atoms with Crippen molar-refractivity contribution in [2.24, 2.45) is 5.73 Å². The van der Waals surface area contributed by atoms with Crippen molar-refractivity contribution < 1.29 is 9.31 Å². The summed E-state index contributed by atoms with van der Waals surface area (Å²) in [4.78, 5) is 10.3. The highest BCUT2D eigenvalue weighted by atomic mass is 19.1. The van der Waals surface area contributed by atoms with Gasteiger partial charge in [0.15, 0.2) is 0 Å². The molecule has 0 spiro atoms. The molecule has 0 aliphatic rings. The highest BCUT2D eigenvalue weighted by Gasteiger charge is 2.13. The Morgan fingerprint density at radius 2 is 1.80 bits per heavy atom. The number of nitro groups is 1. The lowest BCUT2D eigenvalue weighted by atomic mass is 10.1. The number of benzene rings is 2. The molecule has 0 heterocycles. The van der Waals surface area contributed by atoms with E-state index in [1.165, 1.54) is 0 Å². The third-order valence-corrected chi connectivity index (χ3v) is 2.90. The maximum atomic E-state index is 13.2. The van der Waals surface area contributed by atoms with Crippen LogP contribution in [0.15, 0.2) is 42.5 Å². The number of anilines is 1. The molecule has 3 N–H and O–H groups in total. The van der Waals surface area contributed by atoms with Gasteiger partial charge < -0.3 is 11.1 Å². The molecule has 0 bridgehead atoms. The van der Waals surface area contributed by atoms with E-state index in [1.807, 2.05) is 24.3 Å². The van der Waals surface area contributed by atoms with E-state index in [9.17, 15) is 14.5 Å². The molecular weight excluding hydrogens is 261 g/mol. The molecule has 0 saturated heterocycles. The molecule has 6 heteroatoms. The van der Waals surface area contributed by atoms with Gasteiger partial charge in [0.1, 0.15) is 11.5 Å². The van der Waals surface area contributed by atoms with Crippen LogP contribution in [-0.4, -0.2) is 4.92 Å². The van der Waals surface area contributed by atoms with Crippen molar-refractivity contribution >= 4 is 11.4 Å². The number of hydrogen-bond donors (Lipinski definition) is 2. The minimum Gasteiger partial charge on any atom is -0.375 e. The number of rotatable bonds is 5. The summed E-state index contributed by atoms with van der Waals surface area (Å²) in [7, 11) is 0. The van der Waals surface area contributed by atoms with Crippen LogP contribution in [0.5, 0.6) is 0 Å². The first kappa shape index (κ1) is 14.0. The maximum Gasteiger partial charge on any atom is 0.292 e. The third-order valence-electron chi connectivity index (χ3n) is 2.90. The van der Waals surface area contributed by atoms with E-state index in [2.05, 4.69) is 5.32 Å². The van der Waals surface area contributed by atoms with Crippen molar-refractivity contribution in [1.29, 1.82) is 0 Å². The lowest BCUT2D eigenvalue weighted by Gasteiger charge is -2.08. The Balaban J connectivity index is 2.13. The quantitative estimate of drug-likeness (QED) is 0.649. The molecule has 0 aliphatic heterocycles. The number of nitrogens with zero attached hydrogens (tertiary/aromatic N) is 1. The Labute approximate surface area is 115 Å². The molecule has 0 radical (unpaired) electrons. The topological polar surface area (TPSA) is 81.2 Å². The zero-order valence-electron chi connectivity index (χ0n) is 10.7. The minimum absolute atomic E-state index is 0.148. The zero-order chi connectivity index (χ0) is 14.5. The van der Waals surface area contributed by atoms with Gasteiger partial charge in [-0.2, -0.15) is 0 Å². The molecule has 0 amide bonds. The van der Waals surface area contributed by atoms with Crippen LogP contribution >= 0.6 is 0 Å². The Bertz CT molecular complexity index is 614. The molecule has 2 rings (SSSR count). The molecule has 2 aromatic rings. The Kier molecular flexibility index (Phi) is 4.27. The van der Waals surface area contributed by atoms with Crippen LogP contribution in [0.3, 0.4) is 0 Å². The first-order chi connectivity index (χ1) is 9.60. The average Bonchev–Trinajstić information content (AvgIpc) is 2.45. The van der Waals surface area contributed by atoms with E-state index >= 15 is 0 Å². The van der Waals surface area contributed by atoms with Crippen LogP contribution in [0.25, 0.3) is 0 Å². The Morgan fingerprint density at radius 3 is 2.40 bits per heavy atom. The molecule has 0 saturated carbocycles. The smallest absolute Gasteiger partial charge is 0.292 e. The van der Waals surface area contributed by atoms with E-state index in [0.717, 1.165) is 29.3 Å². The lowest BCUT2D eigenvalue weighted by molar-refractivity contribution is -0.384. The number of nitrogens with two attached hydrogens (primary N) is 1. The van der Waals surface area contributed by atoms with Gasteiger partial charge in [-0.3, -0.25) is 10.1 Å². The lowest BCUT2D eigenvalue weighted by Crippen LogP contribution is -2.03. The van der Waals surface area contributed by atoms with E-state index in [4.69, 9.17) is 5.73 Å². The van der Waals surface area contributed by atoms with Crippen molar-refractivity contribution in [3.05, 3.63) is 69.5 Å². The van der Waals surface area contributed by atoms with Gasteiger partial charge in [-0.1, -0.05) is 24.3 Å². The summed E-state index contributed by atoms with van der Waals surface area (Å²) in [6.07, 6.45) is 0. The van der Waals surface area contributed by atoms with Gasteiger partial charge >= 0.3 is 0 Å². The normalized spacial score (nSPS) is 10.3. The molecule has 5 nitrogen and oxygen atoms in total. The van der Waals surface area contributed by atoms with Gasteiger partial charge in [0.2, 0.25) is 0 Å². The highest BCUT2D eigenvalue weighted by Crippen LogP contribution is 2.25. The van der Waals surface area contributed by atoms with Crippen LogP contribution in [0.1, 0.15) is 11.1 Å². The Hall–Kier alpha value is -2.47. The van der Waals surface area contributed by atoms with E-state index in [0.29, 0.717) is 13.1 Å². The van der Waals surface area contributed by atoms with Crippen LogP contribution in [0, 0.1) is 15.9 Å². The van der Waals surface area contributed by atoms with Crippen molar-refractivity contribution in [2.45, 2.75) is 13.1 Å². The maximum absolute atomic E-state index is 13.2. The van der Waals surface area contributed by atoms with Crippen molar-refractivity contribution in [2.75, 3.05) is 5.32 Å². The zero-order valence-corrected chi connectivity index (χ0v) is 10.7. The first-order valence-electron chi connectivity index (χ1n) is 6.06. The van der Waals surface area contributed by atoms with Crippen LogP contribution < -0.4 is 11.1 Å². The molecule has 0 aromatic heterocycles. The van der Waals surface area contributed by atoms with Crippen LogP contribution in [0.4, 0.5) is 15.8 Å². The molecule has 0 unspecified atom stereocenters. The summed E-state index contributed by atoms with van der Waals surface area (Å²) in [5.74, 6) is -0.517. The molecule has 2 aromatic carbocycles. The summed E-state index contributed by atoms with van der Waals surface area (Å²) in [5.41, 5.74) is 7.46. The summed E-state index contributed by atoms with van der Waals surface area (Å²) in [6.45, 7) is 0.832. The predicted octanol–water partition coefficient (Wildman–Crippen LogP) is 2.80. The van der Waals surface area contributed by atoms with Crippen LogP contribution in [0.2, 0.25) is 0 Å². The molecule has 0 fully saturated rings. The largest absolute Gasteiger partial charge is 0.375 e.